The maximum absolute atomic E-state index is 4.17. The van der Waals surface area contributed by atoms with Gasteiger partial charge in [0.25, 0.3) is 0 Å². The van der Waals surface area contributed by atoms with Crippen LogP contribution in [0.4, 0.5) is 0 Å². The van der Waals surface area contributed by atoms with Gasteiger partial charge < -0.3 is 0 Å². The van der Waals surface area contributed by atoms with E-state index in [2.05, 4.69) is 61.0 Å². The summed E-state index contributed by atoms with van der Waals surface area (Å²) in [4.78, 5) is 2.52. The summed E-state index contributed by atoms with van der Waals surface area (Å²) in [5.41, 5.74) is 7.09. The molecule has 0 spiro atoms. The zero-order valence-electron chi connectivity index (χ0n) is 14.2. The van der Waals surface area contributed by atoms with Crippen LogP contribution in [0.25, 0.3) is 0 Å². The van der Waals surface area contributed by atoms with E-state index in [1.54, 1.807) is 0 Å². The van der Waals surface area contributed by atoms with Crippen molar-refractivity contribution in [1.82, 2.24) is 15.1 Å². The molecule has 3 rings (SSSR count). The zero-order chi connectivity index (χ0) is 15.7. The number of rotatable bonds is 4. The smallest absolute Gasteiger partial charge is 0.0524 e. The molecule has 1 aliphatic rings. The van der Waals surface area contributed by atoms with Crippen LogP contribution >= 0.6 is 0 Å². The second-order valence-electron chi connectivity index (χ2n) is 7.10. The maximum Gasteiger partial charge on any atom is 0.0524 e. The highest BCUT2D eigenvalue weighted by molar-refractivity contribution is 5.36. The minimum absolute atomic E-state index is 0.571. The van der Waals surface area contributed by atoms with Gasteiger partial charge in [-0.25, -0.2) is 0 Å². The number of hydrogen-bond acceptors (Lipinski definition) is 2. The number of aromatic nitrogens is 2. The molecule has 0 radical (unpaired) electrons. The van der Waals surface area contributed by atoms with E-state index in [4.69, 9.17) is 0 Å². The van der Waals surface area contributed by atoms with Gasteiger partial charge in [-0.15, -0.1) is 0 Å². The van der Waals surface area contributed by atoms with Gasteiger partial charge in [0.1, 0.15) is 0 Å². The fourth-order valence-corrected chi connectivity index (χ4v) is 3.30. The van der Waals surface area contributed by atoms with Gasteiger partial charge in [0.05, 0.1) is 11.9 Å². The molecule has 118 valence electrons. The second-order valence-corrected chi connectivity index (χ2v) is 7.10. The lowest BCUT2D eigenvalue weighted by Gasteiger charge is -2.28. The quantitative estimate of drug-likeness (QED) is 0.916. The summed E-state index contributed by atoms with van der Waals surface area (Å²) < 4.78 is 0. The van der Waals surface area contributed by atoms with Crippen LogP contribution < -0.4 is 0 Å². The van der Waals surface area contributed by atoms with E-state index in [1.165, 1.54) is 27.9 Å². The van der Waals surface area contributed by atoms with Gasteiger partial charge in [0.15, 0.2) is 0 Å². The molecule has 1 aliphatic heterocycles. The molecule has 0 amide bonds. The van der Waals surface area contributed by atoms with Crippen molar-refractivity contribution in [3.8, 4) is 0 Å². The Morgan fingerprint density at radius 1 is 1.18 bits per heavy atom. The Balaban J connectivity index is 1.80. The maximum atomic E-state index is 4.17. The molecule has 0 atom stereocenters. The van der Waals surface area contributed by atoms with Crippen molar-refractivity contribution >= 4 is 0 Å². The summed E-state index contributed by atoms with van der Waals surface area (Å²) in [6.45, 7) is 12.3. The molecule has 3 nitrogen and oxygen atoms in total. The number of hydrogen-bond donors (Lipinski definition) is 1. The molecule has 0 saturated carbocycles. The number of fused-ring (bicyclic) bond motifs is 1. The Labute approximate surface area is 133 Å². The standard InChI is InChI=1S/C19H27N3/c1-13(2)15-5-6-17(18(9-15)14(3)4)11-22-8-7-16-10-20-21-19(16)12-22/h5-6,9-10,13-14H,7-8,11-12H2,1-4H3,(H,20,21). The molecule has 22 heavy (non-hydrogen) atoms. The summed E-state index contributed by atoms with van der Waals surface area (Å²) >= 11 is 0. The molecule has 3 heteroatoms. The van der Waals surface area contributed by atoms with E-state index in [1.807, 2.05) is 6.20 Å². The molecular weight excluding hydrogens is 270 g/mol. The largest absolute Gasteiger partial charge is 0.293 e. The normalized spacial score (nSPS) is 15.5. The van der Waals surface area contributed by atoms with Crippen molar-refractivity contribution in [3.05, 3.63) is 52.3 Å². The Hall–Kier alpha value is -1.61. The highest BCUT2D eigenvalue weighted by Gasteiger charge is 2.19. The van der Waals surface area contributed by atoms with Crippen LogP contribution in [0, 0.1) is 0 Å². The van der Waals surface area contributed by atoms with Gasteiger partial charge in [-0.05, 0) is 40.5 Å². The number of benzene rings is 1. The summed E-state index contributed by atoms with van der Waals surface area (Å²) in [5, 5.41) is 7.31. The van der Waals surface area contributed by atoms with E-state index < -0.39 is 0 Å². The topological polar surface area (TPSA) is 31.9 Å². The number of nitrogens with one attached hydrogen (secondary N) is 1. The predicted molar refractivity (Wildman–Crippen MR) is 91.0 cm³/mol. The van der Waals surface area contributed by atoms with Crippen LogP contribution in [0.5, 0.6) is 0 Å². The Morgan fingerprint density at radius 3 is 2.73 bits per heavy atom. The first kappa shape index (κ1) is 15.3. The van der Waals surface area contributed by atoms with Crippen molar-refractivity contribution in [1.29, 1.82) is 0 Å². The molecule has 0 bridgehead atoms. The van der Waals surface area contributed by atoms with Crippen molar-refractivity contribution in [3.63, 3.8) is 0 Å². The van der Waals surface area contributed by atoms with Crippen molar-refractivity contribution in [2.45, 2.75) is 59.0 Å². The lowest BCUT2D eigenvalue weighted by molar-refractivity contribution is 0.241. The first-order valence-corrected chi connectivity index (χ1v) is 8.40. The fourth-order valence-electron chi connectivity index (χ4n) is 3.30. The fraction of sp³-hybridized carbons (Fsp3) is 0.526. The Kier molecular flexibility index (Phi) is 4.34. The van der Waals surface area contributed by atoms with Gasteiger partial charge in [-0.3, -0.25) is 10.00 Å². The minimum Gasteiger partial charge on any atom is -0.293 e. The van der Waals surface area contributed by atoms with E-state index in [-0.39, 0.29) is 0 Å². The van der Waals surface area contributed by atoms with E-state index in [0.29, 0.717) is 11.8 Å². The van der Waals surface area contributed by atoms with Crippen LogP contribution in [-0.2, 0) is 19.5 Å². The number of aromatic amines is 1. The van der Waals surface area contributed by atoms with Gasteiger partial charge in [-0.1, -0.05) is 45.9 Å². The lowest BCUT2D eigenvalue weighted by atomic mass is 9.91. The van der Waals surface area contributed by atoms with Crippen molar-refractivity contribution in [2.24, 2.45) is 0 Å². The lowest BCUT2D eigenvalue weighted by Crippen LogP contribution is -2.30. The van der Waals surface area contributed by atoms with Crippen LogP contribution in [-0.4, -0.2) is 21.6 Å². The molecule has 0 fully saturated rings. The third-order valence-electron chi connectivity index (χ3n) is 4.74. The van der Waals surface area contributed by atoms with Gasteiger partial charge >= 0.3 is 0 Å². The summed E-state index contributed by atoms with van der Waals surface area (Å²) in [6.07, 6.45) is 3.08. The summed E-state index contributed by atoms with van der Waals surface area (Å²) in [5.74, 6) is 1.16. The first-order chi connectivity index (χ1) is 10.5. The first-order valence-electron chi connectivity index (χ1n) is 8.40. The number of nitrogens with zero attached hydrogens (tertiary/aromatic N) is 2. The van der Waals surface area contributed by atoms with Crippen LogP contribution in [0.3, 0.4) is 0 Å². The molecule has 0 unspecified atom stereocenters. The number of H-pyrrole nitrogens is 1. The van der Waals surface area contributed by atoms with E-state index >= 15 is 0 Å². The van der Waals surface area contributed by atoms with Gasteiger partial charge in [0, 0.05) is 19.6 Å². The van der Waals surface area contributed by atoms with Crippen molar-refractivity contribution in [2.75, 3.05) is 6.54 Å². The third kappa shape index (κ3) is 3.09. The van der Waals surface area contributed by atoms with Crippen LogP contribution in [0.1, 0.15) is 67.5 Å². The molecule has 2 heterocycles. The van der Waals surface area contributed by atoms with Gasteiger partial charge in [0.2, 0.25) is 0 Å². The minimum atomic E-state index is 0.571. The second kappa shape index (κ2) is 6.25. The van der Waals surface area contributed by atoms with E-state index in [9.17, 15) is 0 Å². The molecular formula is C19H27N3. The molecule has 2 aromatic rings. The Bertz CT molecular complexity index is 640. The zero-order valence-corrected chi connectivity index (χ0v) is 14.2. The molecule has 0 saturated heterocycles. The molecule has 1 aromatic carbocycles. The highest BCUT2D eigenvalue weighted by Crippen LogP contribution is 2.27. The van der Waals surface area contributed by atoms with Gasteiger partial charge in [-0.2, -0.15) is 5.10 Å². The van der Waals surface area contributed by atoms with E-state index in [0.717, 1.165) is 26.1 Å². The molecule has 0 aliphatic carbocycles. The highest BCUT2D eigenvalue weighted by atomic mass is 15.2. The van der Waals surface area contributed by atoms with Crippen LogP contribution in [0.2, 0.25) is 0 Å². The SMILES string of the molecule is CC(C)c1ccc(CN2CCc3cn[nH]c3C2)c(C(C)C)c1. The predicted octanol–water partition coefficient (Wildman–Crippen LogP) is 4.21. The van der Waals surface area contributed by atoms with Crippen molar-refractivity contribution < 1.29 is 0 Å². The molecule has 1 aromatic heterocycles. The van der Waals surface area contributed by atoms with Crippen LogP contribution in [0.15, 0.2) is 24.4 Å². The third-order valence-corrected chi connectivity index (χ3v) is 4.74. The summed E-state index contributed by atoms with van der Waals surface area (Å²) in [7, 11) is 0. The Morgan fingerprint density at radius 2 is 2.00 bits per heavy atom. The average molecular weight is 297 g/mol. The molecule has 1 N–H and O–H groups in total. The average Bonchev–Trinajstić information content (AvgIpc) is 2.94. The summed E-state index contributed by atoms with van der Waals surface area (Å²) in [6, 6.07) is 7.06. The monoisotopic (exact) mass is 297 g/mol.